The van der Waals surface area contributed by atoms with Crippen LogP contribution in [0.2, 0.25) is 0 Å². The monoisotopic (exact) mass is 313 g/mol. The van der Waals surface area contributed by atoms with Crippen LogP contribution >= 0.6 is 0 Å². The van der Waals surface area contributed by atoms with Crippen molar-refractivity contribution in [1.29, 1.82) is 0 Å². The van der Waals surface area contributed by atoms with Crippen LogP contribution in [-0.2, 0) is 12.8 Å². The van der Waals surface area contributed by atoms with Crippen LogP contribution in [0.4, 0.5) is 0 Å². The van der Waals surface area contributed by atoms with Crippen molar-refractivity contribution in [3.05, 3.63) is 65.2 Å². The molecule has 1 atom stereocenters. The Morgan fingerprint density at radius 2 is 1.74 bits per heavy atom. The quantitative estimate of drug-likeness (QED) is 0.862. The van der Waals surface area contributed by atoms with Crippen molar-refractivity contribution < 1.29 is 15.0 Å². The van der Waals surface area contributed by atoms with Crippen molar-refractivity contribution in [3.8, 4) is 5.75 Å². The molecule has 2 rings (SSSR count). The minimum Gasteiger partial charge on any atom is -0.507 e. The molecule has 0 aromatic heterocycles. The predicted octanol–water partition coefficient (Wildman–Crippen LogP) is 2.63. The van der Waals surface area contributed by atoms with E-state index in [9.17, 15) is 15.0 Å². The van der Waals surface area contributed by atoms with Gasteiger partial charge in [-0.05, 0) is 43.0 Å². The maximum Gasteiger partial charge on any atom is 0.257 e. The number of phenolic OH excluding ortho intramolecular Hbond substituents is 1. The van der Waals surface area contributed by atoms with Crippen molar-refractivity contribution >= 4 is 5.91 Å². The number of phenols is 1. The van der Waals surface area contributed by atoms with E-state index >= 15 is 0 Å². The van der Waals surface area contributed by atoms with Crippen molar-refractivity contribution in [2.24, 2.45) is 0 Å². The van der Waals surface area contributed by atoms with Crippen LogP contribution in [0.15, 0.2) is 48.5 Å². The average Bonchev–Trinajstić information content (AvgIpc) is 2.60. The van der Waals surface area contributed by atoms with E-state index in [1.807, 2.05) is 24.3 Å². The molecule has 0 heterocycles. The van der Waals surface area contributed by atoms with E-state index in [-0.39, 0.29) is 29.9 Å². The molecule has 0 saturated carbocycles. The lowest BCUT2D eigenvalue weighted by Crippen LogP contribution is -2.37. The number of aliphatic hydroxyl groups is 1. The van der Waals surface area contributed by atoms with Gasteiger partial charge in [-0.15, -0.1) is 0 Å². The van der Waals surface area contributed by atoms with E-state index < -0.39 is 0 Å². The maximum absolute atomic E-state index is 12.4. The van der Waals surface area contributed by atoms with Gasteiger partial charge in [0.25, 0.3) is 5.91 Å². The lowest BCUT2D eigenvalue weighted by atomic mass is 10.0. The molecule has 0 spiro atoms. The predicted molar refractivity (Wildman–Crippen MR) is 90.6 cm³/mol. The van der Waals surface area contributed by atoms with Gasteiger partial charge in [0.05, 0.1) is 18.2 Å². The third kappa shape index (κ3) is 4.33. The molecule has 1 amide bonds. The Morgan fingerprint density at radius 3 is 2.39 bits per heavy atom. The van der Waals surface area contributed by atoms with Crippen LogP contribution in [-0.4, -0.2) is 40.7 Å². The molecule has 2 N–H and O–H groups in total. The van der Waals surface area contributed by atoms with Gasteiger partial charge in [0.1, 0.15) is 5.75 Å². The summed E-state index contributed by atoms with van der Waals surface area (Å²) in [5.74, 6) is -0.318. The Balaban J connectivity index is 2.14. The first-order chi connectivity index (χ1) is 11.0. The van der Waals surface area contributed by atoms with Gasteiger partial charge in [0.15, 0.2) is 0 Å². The second-order valence-corrected chi connectivity index (χ2v) is 5.78. The van der Waals surface area contributed by atoms with Gasteiger partial charge in [-0.25, -0.2) is 0 Å². The average molecular weight is 313 g/mol. The smallest absolute Gasteiger partial charge is 0.257 e. The summed E-state index contributed by atoms with van der Waals surface area (Å²) in [6.45, 7) is 1.64. The molecule has 23 heavy (non-hydrogen) atoms. The number of hydrogen-bond donors (Lipinski definition) is 2. The molecule has 2 aromatic rings. The SMILES string of the molecule is CC(CO)N(C)C(=O)c1cc(CCc2ccccc2)ccc1O. The van der Waals surface area contributed by atoms with E-state index in [1.54, 1.807) is 26.1 Å². The number of amides is 1. The van der Waals surface area contributed by atoms with Gasteiger partial charge in [-0.3, -0.25) is 4.79 Å². The second-order valence-electron chi connectivity index (χ2n) is 5.78. The van der Waals surface area contributed by atoms with Crippen LogP contribution in [0.3, 0.4) is 0 Å². The lowest BCUT2D eigenvalue weighted by Gasteiger charge is -2.23. The zero-order valence-corrected chi connectivity index (χ0v) is 13.6. The molecule has 0 aliphatic heterocycles. The second kappa shape index (κ2) is 7.79. The number of carbonyl (C=O) groups is 1. The van der Waals surface area contributed by atoms with Gasteiger partial charge >= 0.3 is 0 Å². The third-order valence-electron chi connectivity index (χ3n) is 4.08. The minimum atomic E-state index is -0.296. The first-order valence-corrected chi connectivity index (χ1v) is 7.76. The van der Waals surface area contributed by atoms with Gasteiger partial charge in [-0.2, -0.15) is 0 Å². The summed E-state index contributed by atoms with van der Waals surface area (Å²) in [7, 11) is 1.62. The molecular formula is C19H23NO3. The number of aromatic hydroxyl groups is 1. The van der Waals surface area contributed by atoms with Crippen LogP contribution < -0.4 is 0 Å². The number of benzene rings is 2. The Labute approximate surface area is 137 Å². The summed E-state index contributed by atoms with van der Waals surface area (Å²) < 4.78 is 0. The largest absolute Gasteiger partial charge is 0.507 e. The zero-order chi connectivity index (χ0) is 16.8. The van der Waals surface area contributed by atoms with Crippen LogP contribution in [0.5, 0.6) is 5.75 Å². The maximum atomic E-state index is 12.4. The Hall–Kier alpha value is -2.33. The molecule has 0 aliphatic rings. The molecule has 1 unspecified atom stereocenters. The Kier molecular flexibility index (Phi) is 5.77. The van der Waals surface area contributed by atoms with Crippen molar-refractivity contribution in [1.82, 2.24) is 4.90 Å². The summed E-state index contributed by atoms with van der Waals surface area (Å²) in [5.41, 5.74) is 2.51. The molecule has 0 aliphatic carbocycles. The summed E-state index contributed by atoms with van der Waals surface area (Å²) >= 11 is 0. The lowest BCUT2D eigenvalue weighted by molar-refractivity contribution is 0.0679. The summed E-state index contributed by atoms with van der Waals surface area (Å²) in [4.78, 5) is 13.9. The summed E-state index contributed by atoms with van der Waals surface area (Å²) in [5, 5.41) is 19.2. The fourth-order valence-electron chi connectivity index (χ4n) is 2.36. The van der Waals surface area contributed by atoms with Gasteiger partial charge in [0, 0.05) is 7.05 Å². The highest BCUT2D eigenvalue weighted by Crippen LogP contribution is 2.22. The molecule has 2 aromatic carbocycles. The Bertz CT molecular complexity index is 655. The molecule has 0 fully saturated rings. The minimum absolute atomic E-state index is 0.0320. The number of nitrogens with zero attached hydrogens (tertiary/aromatic N) is 1. The Morgan fingerprint density at radius 1 is 1.09 bits per heavy atom. The number of hydrogen-bond acceptors (Lipinski definition) is 3. The topological polar surface area (TPSA) is 60.8 Å². The van der Waals surface area contributed by atoms with Gasteiger partial charge in [0.2, 0.25) is 0 Å². The van der Waals surface area contributed by atoms with Crippen molar-refractivity contribution in [3.63, 3.8) is 0 Å². The molecule has 0 saturated heterocycles. The van der Waals surface area contributed by atoms with E-state index in [0.29, 0.717) is 0 Å². The molecule has 4 heteroatoms. The van der Waals surface area contributed by atoms with Crippen LogP contribution in [0.25, 0.3) is 0 Å². The first-order valence-electron chi connectivity index (χ1n) is 7.76. The molecule has 4 nitrogen and oxygen atoms in total. The third-order valence-corrected chi connectivity index (χ3v) is 4.08. The number of aryl methyl sites for hydroxylation is 2. The summed E-state index contributed by atoms with van der Waals surface area (Å²) in [6, 6.07) is 15.0. The van der Waals surface area contributed by atoms with E-state index in [1.165, 1.54) is 10.5 Å². The molecular weight excluding hydrogens is 290 g/mol. The van der Waals surface area contributed by atoms with Gasteiger partial charge < -0.3 is 15.1 Å². The summed E-state index contributed by atoms with van der Waals surface area (Å²) in [6.07, 6.45) is 1.67. The normalized spacial score (nSPS) is 12.0. The van der Waals surface area contributed by atoms with Crippen molar-refractivity contribution in [2.45, 2.75) is 25.8 Å². The molecule has 0 radical (unpaired) electrons. The highest BCUT2D eigenvalue weighted by molar-refractivity contribution is 5.97. The fraction of sp³-hybridized carbons (Fsp3) is 0.316. The number of carbonyl (C=O) groups excluding carboxylic acids is 1. The highest BCUT2D eigenvalue weighted by Gasteiger charge is 2.20. The number of rotatable bonds is 6. The first kappa shape index (κ1) is 17.0. The number of aliphatic hydroxyl groups excluding tert-OH is 1. The van der Waals surface area contributed by atoms with E-state index in [0.717, 1.165) is 18.4 Å². The van der Waals surface area contributed by atoms with Gasteiger partial charge in [-0.1, -0.05) is 36.4 Å². The van der Waals surface area contributed by atoms with E-state index in [2.05, 4.69) is 12.1 Å². The fourth-order valence-corrected chi connectivity index (χ4v) is 2.36. The standard InChI is InChI=1S/C19H23NO3/c1-14(13-21)20(2)19(23)17-12-16(10-11-18(17)22)9-8-15-6-4-3-5-7-15/h3-7,10-12,14,21-22H,8-9,13H2,1-2H3. The van der Waals surface area contributed by atoms with E-state index in [4.69, 9.17) is 0 Å². The molecule has 122 valence electrons. The highest BCUT2D eigenvalue weighted by atomic mass is 16.3. The van der Waals surface area contributed by atoms with Crippen LogP contribution in [0.1, 0.15) is 28.4 Å². The number of likely N-dealkylation sites (N-methyl/N-ethyl adjacent to an activating group) is 1. The van der Waals surface area contributed by atoms with Crippen molar-refractivity contribution in [2.75, 3.05) is 13.7 Å². The zero-order valence-electron chi connectivity index (χ0n) is 13.6. The van der Waals surface area contributed by atoms with Crippen LogP contribution in [0, 0.1) is 0 Å². The molecule has 0 bridgehead atoms.